The summed E-state index contributed by atoms with van der Waals surface area (Å²) in [5.41, 5.74) is 2.64. The number of nitrogens with zero attached hydrogens (tertiary/aromatic N) is 1. The molecule has 4 rings (SSSR count). The van der Waals surface area contributed by atoms with E-state index in [1.165, 1.54) is 0 Å². The van der Waals surface area contributed by atoms with E-state index in [2.05, 4.69) is 0 Å². The summed E-state index contributed by atoms with van der Waals surface area (Å²) >= 11 is 0. The molecule has 0 radical (unpaired) electrons. The van der Waals surface area contributed by atoms with Crippen LogP contribution in [-0.2, 0) is 0 Å². The summed E-state index contributed by atoms with van der Waals surface area (Å²) in [6.07, 6.45) is 2.84. The second kappa shape index (κ2) is 4.13. The molecule has 0 unspecified atom stereocenters. The lowest BCUT2D eigenvalue weighted by atomic mass is 10.2. The lowest BCUT2D eigenvalue weighted by Crippen LogP contribution is -1.93. The fraction of sp³-hybridized carbons (Fsp3) is 0.0625. The van der Waals surface area contributed by atoms with Crippen molar-refractivity contribution in [3.63, 3.8) is 0 Å². The van der Waals surface area contributed by atoms with Gasteiger partial charge in [0.1, 0.15) is 6.29 Å². The Morgan fingerprint density at radius 3 is 2.80 bits per heavy atom. The van der Waals surface area contributed by atoms with Gasteiger partial charge in [-0.15, -0.1) is 0 Å². The van der Waals surface area contributed by atoms with Crippen LogP contribution in [0.4, 0.5) is 0 Å². The molecule has 1 aromatic heterocycles. The van der Waals surface area contributed by atoms with Gasteiger partial charge in [-0.05, 0) is 29.7 Å². The molecule has 0 aliphatic carbocycles. The van der Waals surface area contributed by atoms with Crippen molar-refractivity contribution < 1.29 is 14.3 Å². The van der Waals surface area contributed by atoms with Gasteiger partial charge in [0.05, 0.1) is 5.52 Å². The largest absolute Gasteiger partial charge is 0.454 e. The van der Waals surface area contributed by atoms with Gasteiger partial charge in [0.2, 0.25) is 6.79 Å². The third-order valence-corrected chi connectivity index (χ3v) is 3.49. The highest BCUT2D eigenvalue weighted by Gasteiger charge is 2.14. The summed E-state index contributed by atoms with van der Waals surface area (Å²) in [7, 11) is 0. The number of hydrogen-bond acceptors (Lipinski definition) is 3. The van der Waals surface area contributed by atoms with Crippen molar-refractivity contribution in [1.82, 2.24) is 4.57 Å². The molecule has 0 atom stereocenters. The van der Waals surface area contributed by atoms with E-state index in [0.29, 0.717) is 5.56 Å². The Hall–Kier alpha value is -2.75. The third-order valence-electron chi connectivity index (χ3n) is 3.49. The van der Waals surface area contributed by atoms with Crippen molar-refractivity contribution in [2.75, 3.05) is 6.79 Å². The summed E-state index contributed by atoms with van der Waals surface area (Å²) in [5.74, 6) is 1.51. The molecule has 2 aromatic carbocycles. The minimum absolute atomic E-state index is 0.264. The highest BCUT2D eigenvalue weighted by atomic mass is 16.7. The summed E-state index contributed by atoms with van der Waals surface area (Å²) in [6, 6.07) is 13.5. The Kier molecular flexibility index (Phi) is 2.29. The fourth-order valence-corrected chi connectivity index (χ4v) is 2.48. The molecule has 1 aliphatic heterocycles. The molecule has 0 spiro atoms. The maximum Gasteiger partial charge on any atom is 0.231 e. The van der Waals surface area contributed by atoms with Crippen LogP contribution >= 0.6 is 0 Å². The fourth-order valence-electron chi connectivity index (χ4n) is 2.48. The average Bonchev–Trinajstić information content (AvgIpc) is 3.11. The smallest absolute Gasteiger partial charge is 0.231 e. The van der Waals surface area contributed by atoms with Crippen LogP contribution in [0.15, 0.2) is 48.7 Å². The molecule has 0 amide bonds. The lowest BCUT2D eigenvalue weighted by Gasteiger charge is -2.07. The van der Waals surface area contributed by atoms with Crippen LogP contribution in [0.3, 0.4) is 0 Å². The highest BCUT2D eigenvalue weighted by Crippen LogP contribution is 2.34. The summed E-state index contributed by atoms with van der Waals surface area (Å²) < 4.78 is 12.8. The molecule has 0 N–H and O–H groups in total. The van der Waals surface area contributed by atoms with Crippen LogP contribution in [0.2, 0.25) is 0 Å². The van der Waals surface area contributed by atoms with Gasteiger partial charge in [0, 0.05) is 23.5 Å². The zero-order valence-electron chi connectivity index (χ0n) is 10.6. The number of aromatic nitrogens is 1. The SMILES string of the molecule is O=Cc1ccc2ccn(-c3ccc4c(c3)OCO4)c2c1. The van der Waals surface area contributed by atoms with Crippen LogP contribution in [-0.4, -0.2) is 17.6 Å². The minimum Gasteiger partial charge on any atom is -0.454 e. The zero-order chi connectivity index (χ0) is 13.5. The van der Waals surface area contributed by atoms with Crippen LogP contribution in [0.5, 0.6) is 11.5 Å². The van der Waals surface area contributed by atoms with E-state index in [1.54, 1.807) is 0 Å². The monoisotopic (exact) mass is 265 g/mol. The predicted octanol–water partition coefficient (Wildman–Crippen LogP) is 3.17. The van der Waals surface area contributed by atoms with Gasteiger partial charge < -0.3 is 14.0 Å². The number of ether oxygens (including phenoxy) is 2. The topological polar surface area (TPSA) is 40.5 Å². The first kappa shape index (κ1) is 11.1. The Morgan fingerprint density at radius 1 is 1.00 bits per heavy atom. The summed E-state index contributed by atoms with van der Waals surface area (Å²) in [5, 5.41) is 1.09. The third kappa shape index (κ3) is 1.58. The molecule has 20 heavy (non-hydrogen) atoms. The number of rotatable bonds is 2. The van der Waals surface area contributed by atoms with Gasteiger partial charge in [-0.25, -0.2) is 0 Å². The molecule has 4 heteroatoms. The van der Waals surface area contributed by atoms with Crippen LogP contribution in [0.1, 0.15) is 10.4 Å². The number of carbonyl (C=O) groups excluding carboxylic acids is 1. The van der Waals surface area contributed by atoms with E-state index in [-0.39, 0.29) is 6.79 Å². The number of hydrogen-bond donors (Lipinski definition) is 0. The molecule has 2 heterocycles. The number of carbonyl (C=O) groups is 1. The van der Waals surface area contributed by atoms with Crippen LogP contribution in [0, 0.1) is 0 Å². The van der Waals surface area contributed by atoms with E-state index < -0.39 is 0 Å². The zero-order valence-corrected chi connectivity index (χ0v) is 10.6. The Morgan fingerprint density at radius 2 is 1.90 bits per heavy atom. The molecule has 1 aliphatic rings. The van der Waals surface area contributed by atoms with E-state index >= 15 is 0 Å². The van der Waals surface area contributed by atoms with Crippen molar-refractivity contribution in [2.24, 2.45) is 0 Å². The Bertz CT molecular complexity index is 820. The van der Waals surface area contributed by atoms with Crippen molar-refractivity contribution in [3.8, 4) is 17.2 Å². The molecule has 0 bridgehead atoms. The van der Waals surface area contributed by atoms with E-state index in [9.17, 15) is 4.79 Å². The molecule has 98 valence electrons. The summed E-state index contributed by atoms with van der Waals surface area (Å²) in [6.45, 7) is 0.264. The first-order valence-electron chi connectivity index (χ1n) is 6.31. The van der Waals surface area contributed by atoms with Crippen molar-refractivity contribution in [2.45, 2.75) is 0 Å². The minimum atomic E-state index is 0.264. The maximum absolute atomic E-state index is 10.9. The van der Waals surface area contributed by atoms with E-state index in [1.807, 2.05) is 53.2 Å². The Balaban J connectivity index is 1.91. The normalized spacial score (nSPS) is 12.8. The number of fused-ring (bicyclic) bond motifs is 2. The predicted molar refractivity (Wildman–Crippen MR) is 74.8 cm³/mol. The van der Waals surface area contributed by atoms with Gasteiger partial charge in [-0.1, -0.05) is 12.1 Å². The second-order valence-corrected chi connectivity index (χ2v) is 4.66. The van der Waals surface area contributed by atoms with Gasteiger partial charge >= 0.3 is 0 Å². The maximum atomic E-state index is 10.9. The van der Waals surface area contributed by atoms with Gasteiger partial charge in [-0.3, -0.25) is 4.79 Å². The van der Waals surface area contributed by atoms with Gasteiger partial charge in [-0.2, -0.15) is 0 Å². The molecule has 0 saturated heterocycles. The van der Waals surface area contributed by atoms with Crippen molar-refractivity contribution >= 4 is 17.2 Å². The molecule has 0 saturated carbocycles. The average molecular weight is 265 g/mol. The van der Waals surface area contributed by atoms with Crippen LogP contribution in [0.25, 0.3) is 16.6 Å². The standard InChI is InChI=1S/C16H11NO3/c18-9-11-1-2-12-5-6-17(14(12)7-11)13-3-4-15-16(8-13)20-10-19-15/h1-9H,10H2. The van der Waals surface area contributed by atoms with Gasteiger partial charge in [0.25, 0.3) is 0 Å². The Labute approximate surface area is 115 Å². The second-order valence-electron chi connectivity index (χ2n) is 4.66. The first-order chi connectivity index (χ1) is 9.85. The quantitative estimate of drug-likeness (QED) is 0.668. The van der Waals surface area contributed by atoms with Gasteiger partial charge in [0.15, 0.2) is 11.5 Å². The molecule has 3 aromatic rings. The van der Waals surface area contributed by atoms with E-state index in [4.69, 9.17) is 9.47 Å². The lowest BCUT2D eigenvalue weighted by molar-refractivity contribution is 0.112. The summed E-state index contributed by atoms with van der Waals surface area (Å²) in [4.78, 5) is 10.9. The molecule has 4 nitrogen and oxygen atoms in total. The van der Waals surface area contributed by atoms with Crippen LogP contribution < -0.4 is 9.47 Å². The first-order valence-corrected chi connectivity index (χ1v) is 6.31. The van der Waals surface area contributed by atoms with Crippen molar-refractivity contribution in [1.29, 1.82) is 0 Å². The highest BCUT2D eigenvalue weighted by molar-refractivity contribution is 5.88. The molecular formula is C16H11NO3. The number of aldehydes is 1. The molecule has 0 fully saturated rings. The van der Waals surface area contributed by atoms with E-state index in [0.717, 1.165) is 34.4 Å². The molecular weight excluding hydrogens is 254 g/mol. The van der Waals surface area contributed by atoms with Crippen molar-refractivity contribution in [3.05, 3.63) is 54.2 Å². The number of benzene rings is 2.